The lowest BCUT2D eigenvalue weighted by Crippen LogP contribution is -2.04. The molecule has 0 heterocycles. The van der Waals surface area contributed by atoms with E-state index in [1.165, 1.54) is 0 Å². The molecule has 1 rings (SSSR count). The molecule has 1 atom stereocenters. The van der Waals surface area contributed by atoms with Gasteiger partial charge in [0.1, 0.15) is 0 Å². The topological polar surface area (TPSA) is 26.3 Å². The number of aryl methyl sites for hydroxylation is 1. The van der Waals surface area contributed by atoms with Gasteiger partial charge in [-0.15, -0.1) is 0 Å². The average Bonchev–Trinajstić information content (AvgIpc) is 2.17. The van der Waals surface area contributed by atoms with E-state index in [2.05, 4.69) is 13.8 Å². The van der Waals surface area contributed by atoms with Crippen LogP contribution in [0, 0.1) is 12.8 Å². The first-order valence-corrected chi connectivity index (χ1v) is 6.65. The molecule has 0 saturated carbocycles. The lowest BCUT2D eigenvalue weighted by molar-refractivity contribution is 0.305. The van der Waals surface area contributed by atoms with Crippen LogP contribution in [0.15, 0.2) is 24.3 Å². The van der Waals surface area contributed by atoms with Crippen LogP contribution in [0.3, 0.4) is 0 Å². The quantitative estimate of drug-likeness (QED) is 0.721. The van der Waals surface area contributed by atoms with Gasteiger partial charge in [-0.05, 0) is 30.9 Å². The third-order valence-corrected chi connectivity index (χ3v) is 3.76. The average molecular weight is 226 g/mol. The Labute approximate surface area is 92.5 Å². The molecule has 1 aromatic carbocycles. The van der Waals surface area contributed by atoms with Crippen molar-refractivity contribution in [2.45, 2.75) is 27.2 Å². The maximum atomic E-state index is 11.8. The van der Waals surface area contributed by atoms with Crippen molar-refractivity contribution in [2.24, 2.45) is 5.92 Å². The van der Waals surface area contributed by atoms with Gasteiger partial charge < -0.3 is 4.52 Å². The SMILES string of the molecule is Cc1ccccc1[PH](=O)OCCC(C)C. The van der Waals surface area contributed by atoms with E-state index in [1.807, 2.05) is 31.2 Å². The molecule has 1 aromatic rings. The predicted octanol–water partition coefficient (Wildman–Crippen LogP) is 3.16. The smallest absolute Gasteiger partial charge is 0.220 e. The molecule has 0 aliphatic rings. The van der Waals surface area contributed by atoms with Gasteiger partial charge in [-0.25, -0.2) is 0 Å². The zero-order valence-electron chi connectivity index (χ0n) is 9.62. The van der Waals surface area contributed by atoms with E-state index in [0.29, 0.717) is 12.5 Å². The molecule has 0 bridgehead atoms. The molecule has 0 aliphatic heterocycles. The van der Waals surface area contributed by atoms with Crippen molar-refractivity contribution in [3.05, 3.63) is 29.8 Å². The highest BCUT2D eigenvalue weighted by molar-refractivity contribution is 7.48. The van der Waals surface area contributed by atoms with E-state index >= 15 is 0 Å². The summed E-state index contributed by atoms with van der Waals surface area (Å²) in [7, 11) is -2.04. The monoisotopic (exact) mass is 226 g/mol. The van der Waals surface area contributed by atoms with E-state index in [-0.39, 0.29) is 0 Å². The fraction of sp³-hybridized carbons (Fsp3) is 0.500. The summed E-state index contributed by atoms with van der Waals surface area (Å²) in [5.41, 5.74) is 1.05. The lowest BCUT2D eigenvalue weighted by Gasteiger charge is -2.08. The summed E-state index contributed by atoms with van der Waals surface area (Å²) in [4.78, 5) is 0. The molecule has 3 heteroatoms. The molecule has 2 nitrogen and oxygen atoms in total. The highest BCUT2D eigenvalue weighted by atomic mass is 31.1. The summed E-state index contributed by atoms with van der Waals surface area (Å²) in [6, 6.07) is 7.69. The van der Waals surface area contributed by atoms with Crippen molar-refractivity contribution >= 4 is 13.3 Å². The minimum atomic E-state index is -2.04. The van der Waals surface area contributed by atoms with Crippen LogP contribution in [0.2, 0.25) is 0 Å². The van der Waals surface area contributed by atoms with Crippen molar-refractivity contribution in [1.29, 1.82) is 0 Å². The predicted molar refractivity (Wildman–Crippen MR) is 65.2 cm³/mol. The molecule has 0 aliphatic carbocycles. The second-order valence-corrected chi connectivity index (χ2v) is 5.54. The fourth-order valence-corrected chi connectivity index (χ4v) is 2.36. The van der Waals surface area contributed by atoms with Gasteiger partial charge >= 0.3 is 0 Å². The van der Waals surface area contributed by atoms with Crippen molar-refractivity contribution in [3.8, 4) is 0 Å². The highest BCUT2D eigenvalue weighted by Crippen LogP contribution is 2.23. The second-order valence-electron chi connectivity index (χ2n) is 4.13. The summed E-state index contributed by atoms with van der Waals surface area (Å²) < 4.78 is 17.2. The Morgan fingerprint density at radius 1 is 1.33 bits per heavy atom. The molecule has 0 saturated heterocycles. The molecule has 0 radical (unpaired) electrons. The first-order chi connectivity index (χ1) is 7.11. The summed E-state index contributed by atoms with van der Waals surface area (Å²) >= 11 is 0. The van der Waals surface area contributed by atoms with Crippen LogP contribution in [0.1, 0.15) is 25.8 Å². The van der Waals surface area contributed by atoms with Crippen LogP contribution >= 0.6 is 8.03 Å². The molecule has 0 amide bonds. The lowest BCUT2D eigenvalue weighted by atomic mass is 10.2. The second kappa shape index (κ2) is 6.09. The standard InChI is InChI=1S/C12H19O2P/c1-10(2)8-9-14-15(13)12-7-5-4-6-11(12)3/h4-7,10,15H,8-9H2,1-3H3. The normalized spacial score (nSPS) is 13.1. The van der Waals surface area contributed by atoms with E-state index in [1.54, 1.807) is 0 Å². The molecule has 0 spiro atoms. The Morgan fingerprint density at radius 2 is 2.00 bits per heavy atom. The zero-order chi connectivity index (χ0) is 11.3. The Hall–Kier alpha value is -0.590. The van der Waals surface area contributed by atoms with Gasteiger partial charge in [0.05, 0.1) is 6.61 Å². The molecule has 15 heavy (non-hydrogen) atoms. The Balaban J connectivity index is 2.51. The van der Waals surface area contributed by atoms with E-state index in [4.69, 9.17) is 4.52 Å². The van der Waals surface area contributed by atoms with Crippen LogP contribution in [0.25, 0.3) is 0 Å². The number of rotatable bonds is 5. The molecular weight excluding hydrogens is 207 g/mol. The molecular formula is C12H19O2P. The van der Waals surface area contributed by atoms with Gasteiger partial charge in [0.15, 0.2) is 0 Å². The van der Waals surface area contributed by atoms with Crippen molar-refractivity contribution in [1.82, 2.24) is 0 Å². The Morgan fingerprint density at radius 3 is 2.60 bits per heavy atom. The van der Waals surface area contributed by atoms with Gasteiger partial charge in [0.2, 0.25) is 8.03 Å². The molecule has 0 fully saturated rings. The van der Waals surface area contributed by atoms with Crippen molar-refractivity contribution in [3.63, 3.8) is 0 Å². The maximum absolute atomic E-state index is 11.8. The minimum Gasteiger partial charge on any atom is -0.327 e. The fourth-order valence-electron chi connectivity index (χ4n) is 1.27. The number of benzene rings is 1. The highest BCUT2D eigenvalue weighted by Gasteiger charge is 2.06. The van der Waals surface area contributed by atoms with Crippen LogP contribution in [-0.2, 0) is 9.09 Å². The third kappa shape index (κ3) is 4.19. The van der Waals surface area contributed by atoms with Gasteiger partial charge in [-0.1, -0.05) is 32.0 Å². The van der Waals surface area contributed by atoms with Gasteiger partial charge in [0, 0.05) is 5.30 Å². The summed E-state index contributed by atoms with van der Waals surface area (Å²) in [6.45, 7) is 6.82. The molecule has 0 N–H and O–H groups in total. The molecule has 0 aromatic heterocycles. The largest absolute Gasteiger partial charge is 0.327 e. The Bertz CT molecular complexity index is 334. The third-order valence-electron chi connectivity index (χ3n) is 2.29. The first kappa shape index (κ1) is 12.5. The van der Waals surface area contributed by atoms with Crippen LogP contribution < -0.4 is 5.30 Å². The summed E-state index contributed by atoms with van der Waals surface area (Å²) in [6.07, 6.45) is 0.961. The van der Waals surface area contributed by atoms with E-state index in [0.717, 1.165) is 17.3 Å². The number of hydrogen-bond donors (Lipinski definition) is 0. The van der Waals surface area contributed by atoms with Crippen LogP contribution in [0.4, 0.5) is 0 Å². The van der Waals surface area contributed by atoms with Gasteiger partial charge in [0.25, 0.3) is 0 Å². The summed E-state index contributed by atoms with van der Waals surface area (Å²) in [5.74, 6) is 0.594. The van der Waals surface area contributed by atoms with Crippen molar-refractivity contribution in [2.75, 3.05) is 6.61 Å². The van der Waals surface area contributed by atoms with Gasteiger partial charge in [-0.2, -0.15) is 0 Å². The van der Waals surface area contributed by atoms with Crippen LogP contribution in [0.5, 0.6) is 0 Å². The zero-order valence-corrected chi connectivity index (χ0v) is 10.6. The minimum absolute atomic E-state index is 0.587. The Kier molecular flexibility index (Phi) is 5.07. The maximum Gasteiger partial charge on any atom is 0.220 e. The molecule has 1 unspecified atom stereocenters. The summed E-state index contributed by atoms with van der Waals surface area (Å²) in [5, 5.41) is 0.853. The van der Waals surface area contributed by atoms with Crippen molar-refractivity contribution < 1.29 is 9.09 Å². The number of hydrogen-bond acceptors (Lipinski definition) is 2. The van der Waals surface area contributed by atoms with E-state index in [9.17, 15) is 4.57 Å². The van der Waals surface area contributed by atoms with Crippen LogP contribution in [-0.4, -0.2) is 6.61 Å². The van der Waals surface area contributed by atoms with Gasteiger partial charge in [-0.3, -0.25) is 4.57 Å². The first-order valence-electron chi connectivity index (χ1n) is 5.34. The molecule has 84 valence electrons. The van der Waals surface area contributed by atoms with E-state index < -0.39 is 8.03 Å².